The first-order valence-corrected chi connectivity index (χ1v) is 6.39. The van der Waals surface area contributed by atoms with Crippen molar-refractivity contribution in [3.05, 3.63) is 0 Å². The minimum absolute atomic E-state index is 0. The van der Waals surface area contributed by atoms with E-state index in [2.05, 4.69) is 27.7 Å². The maximum Gasteiger partial charge on any atom is 0.223 e. The largest absolute Gasteiger partial charge is 0.340 e. The molecule has 1 aliphatic rings. The molecule has 0 aromatic heterocycles. The van der Waals surface area contributed by atoms with Crippen molar-refractivity contribution in [1.82, 2.24) is 4.90 Å². The predicted molar refractivity (Wildman–Crippen MR) is 74.3 cm³/mol. The summed E-state index contributed by atoms with van der Waals surface area (Å²) in [6.07, 6.45) is 2.77. The molecule has 0 aliphatic carbocycles. The average Bonchev–Trinajstić information content (AvgIpc) is 2.59. The molecule has 3 nitrogen and oxygen atoms in total. The fraction of sp³-hybridized carbons (Fsp3) is 0.923. The van der Waals surface area contributed by atoms with Gasteiger partial charge in [-0.25, -0.2) is 0 Å². The molecule has 1 saturated heterocycles. The Balaban J connectivity index is 0.00000256. The fourth-order valence-corrected chi connectivity index (χ4v) is 2.30. The molecule has 0 saturated carbocycles. The fourth-order valence-electron chi connectivity index (χ4n) is 2.30. The van der Waals surface area contributed by atoms with Crippen molar-refractivity contribution in [2.24, 2.45) is 17.1 Å². The summed E-state index contributed by atoms with van der Waals surface area (Å²) in [6, 6.07) is 0.369. The Morgan fingerprint density at radius 1 is 1.47 bits per heavy atom. The SMILES string of the molecule is CCC(C)(C)CC(=O)N1CC(CN)CC1C.Cl. The lowest BCUT2D eigenvalue weighted by Gasteiger charge is -2.28. The summed E-state index contributed by atoms with van der Waals surface area (Å²) in [6.45, 7) is 10.1. The Labute approximate surface area is 112 Å². The summed E-state index contributed by atoms with van der Waals surface area (Å²) in [7, 11) is 0. The lowest BCUT2D eigenvalue weighted by atomic mass is 9.86. The van der Waals surface area contributed by atoms with Crippen LogP contribution in [0.1, 0.15) is 47.0 Å². The molecule has 2 N–H and O–H groups in total. The van der Waals surface area contributed by atoms with Crippen LogP contribution in [0.4, 0.5) is 0 Å². The standard InChI is InChI=1S/C13H26N2O.ClH/c1-5-13(3,4)7-12(16)15-9-11(8-14)6-10(15)2;/h10-11H,5-9,14H2,1-4H3;1H. The smallest absolute Gasteiger partial charge is 0.223 e. The molecule has 17 heavy (non-hydrogen) atoms. The molecule has 2 unspecified atom stereocenters. The molecule has 0 aromatic rings. The van der Waals surface area contributed by atoms with Crippen LogP contribution in [-0.2, 0) is 4.79 Å². The van der Waals surface area contributed by atoms with Crippen LogP contribution in [0.5, 0.6) is 0 Å². The van der Waals surface area contributed by atoms with E-state index in [9.17, 15) is 4.79 Å². The van der Waals surface area contributed by atoms with Crippen molar-refractivity contribution < 1.29 is 4.79 Å². The third-order valence-electron chi connectivity index (χ3n) is 3.90. The van der Waals surface area contributed by atoms with Gasteiger partial charge in [0.1, 0.15) is 0 Å². The number of carbonyl (C=O) groups excluding carboxylic acids is 1. The van der Waals surface area contributed by atoms with Crippen molar-refractivity contribution in [2.45, 2.75) is 53.0 Å². The van der Waals surface area contributed by atoms with Crippen molar-refractivity contribution >= 4 is 18.3 Å². The summed E-state index contributed by atoms with van der Waals surface area (Å²) < 4.78 is 0. The number of likely N-dealkylation sites (tertiary alicyclic amines) is 1. The van der Waals surface area contributed by atoms with Gasteiger partial charge in [0.25, 0.3) is 0 Å². The highest BCUT2D eigenvalue weighted by Gasteiger charge is 2.33. The number of hydrogen-bond donors (Lipinski definition) is 1. The van der Waals surface area contributed by atoms with Crippen LogP contribution in [-0.4, -0.2) is 29.9 Å². The molecule has 1 aliphatic heterocycles. The van der Waals surface area contributed by atoms with E-state index in [0.29, 0.717) is 30.8 Å². The molecular weight excluding hydrogens is 236 g/mol. The number of nitrogens with two attached hydrogens (primary N) is 1. The third kappa shape index (κ3) is 4.47. The summed E-state index contributed by atoms with van der Waals surface area (Å²) >= 11 is 0. The lowest BCUT2D eigenvalue weighted by molar-refractivity contribution is -0.134. The second-order valence-electron chi connectivity index (χ2n) is 5.93. The molecule has 4 heteroatoms. The predicted octanol–water partition coefficient (Wildman–Crippen LogP) is 2.43. The second-order valence-corrected chi connectivity index (χ2v) is 5.93. The molecule has 102 valence electrons. The summed E-state index contributed by atoms with van der Waals surface area (Å²) in [5.41, 5.74) is 5.80. The monoisotopic (exact) mass is 262 g/mol. The minimum atomic E-state index is 0. The number of carbonyl (C=O) groups is 1. The van der Waals surface area contributed by atoms with Gasteiger partial charge in [-0.05, 0) is 31.2 Å². The van der Waals surface area contributed by atoms with E-state index in [4.69, 9.17) is 5.73 Å². The molecule has 0 radical (unpaired) electrons. The van der Waals surface area contributed by atoms with Crippen LogP contribution >= 0.6 is 12.4 Å². The normalized spacial score (nSPS) is 24.6. The Kier molecular flexibility index (Phi) is 6.49. The van der Waals surface area contributed by atoms with Gasteiger partial charge in [-0.15, -0.1) is 12.4 Å². The quantitative estimate of drug-likeness (QED) is 0.846. The Morgan fingerprint density at radius 3 is 2.47 bits per heavy atom. The third-order valence-corrected chi connectivity index (χ3v) is 3.90. The number of rotatable bonds is 4. The van der Waals surface area contributed by atoms with E-state index in [-0.39, 0.29) is 17.8 Å². The van der Waals surface area contributed by atoms with E-state index in [1.165, 1.54) is 0 Å². The van der Waals surface area contributed by atoms with E-state index in [1.54, 1.807) is 0 Å². The zero-order chi connectivity index (χ0) is 12.3. The maximum atomic E-state index is 12.2. The Hall–Kier alpha value is -0.280. The topological polar surface area (TPSA) is 46.3 Å². The number of amides is 1. The van der Waals surface area contributed by atoms with Crippen LogP contribution in [0, 0.1) is 11.3 Å². The minimum Gasteiger partial charge on any atom is -0.340 e. The number of hydrogen-bond acceptors (Lipinski definition) is 2. The van der Waals surface area contributed by atoms with Crippen molar-refractivity contribution in [1.29, 1.82) is 0 Å². The highest BCUT2D eigenvalue weighted by Crippen LogP contribution is 2.29. The van der Waals surface area contributed by atoms with Gasteiger partial charge in [-0.3, -0.25) is 4.79 Å². The molecule has 2 atom stereocenters. The molecular formula is C13H27ClN2O. The molecule has 1 heterocycles. The summed E-state index contributed by atoms with van der Waals surface area (Å²) in [4.78, 5) is 14.2. The van der Waals surface area contributed by atoms with Crippen molar-refractivity contribution in [3.8, 4) is 0 Å². The van der Waals surface area contributed by atoms with Gasteiger partial charge in [0.2, 0.25) is 5.91 Å². The van der Waals surface area contributed by atoms with Crippen molar-refractivity contribution in [2.75, 3.05) is 13.1 Å². The first-order chi connectivity index (χ1) is 7.39. The molecule has 0 bridgehead atoms. The number of nitrogens with zero attached hydrogens (tertiary/aromatic N) is 1. The lowest BCUT2D eigenvalue weighted by Crippen LogP contribution is -2.36. The van der Waals surface area contributed by atoms with E-state index >= 15 is 0 Å². The van der Waals surface area contributed by atoms with Gasteiger partial charge in [0.15, 0.2) is 0 Å². The zero-order valence-corrected chi connectivity index (χ0v) is 12.3. The number of halogens is 1. The van der Waals surface area contributed by atoms with Gasteiger partial charge >= 0.3 is 0 Å². The highest BCUT2D eigenvalue weighted by atomic mass is 35.5. The van der Waals surface area contributed by atoms with Crippen LogP contribution in [0.2, 0.25) is 0 Å². The molecule has 1 fully saturated rings. The first kappa shape index (κ1) is 16.7. The highest BCUT2D eigenvalue weighted by molar-refractivity contribution is 5.85. The van der Waals surface area contributed by atoms with E-state index in [1.807, 2.05) is 4.90 Å². The van der Waals surface area contributed by atoms with Gasteiger partial charge < -0.3 is 10.6 Å². The molecule has 0 spiro atoms. The first-order valence-electron chi connectivity index (χ1n) is 6.39. The molecule has 1 rings (SSSR count). The van der Waals surface area contributed by atoms with Gasteiger partial charge in [-0.1, -0.05) is 27.2 Å². The average molecular weight is 263 g/mol. The van der Waals surface area contributed by atoms with E-state index < -0.39 is 0 Å². The summed E-state index contributed by atoms with van der Waals surface area (Å²) in [5, 5.41) is 0. The van der Waals surface area contributed by atoms with Crippen LogP contribution < -0.4 is 5.73 Å². The van der Waals surface area contributed by atoms with Crippen LogP contribution in [0.3, 0.4) is 0 Å². The second kappa shape index (κ2) is 6.60. The van der Waals surface area contributed by atoms with Gasteiger partial charge in [0, 0.05) is 19.0 Å². The van der Waals surface area contributed by atoms with Crippen molar-refractivity contribution in [3.63, 3.8) is 0 Å². The van der Waals surface area contributed by atoms with Gasteiger partial charge in [-0.2, -0.15) is 0 Å². The molecule has 1 amide bonds. The van der Waals surface area contributed by atoms with Gasteiger partial charge in [0.05, 0.1) is 0 Å². The molecule has 0 aromatic carbocycles. The Bertz CT molecular complexity index is 256. The Morgan fingerprint density at radius 2 is 2.06 bits per heavy atom. The zero-order valence-electron chi connectivity index (χ0n) is 11.5. The van der Waals surface area contributed by atoms with Crippen LogP contribution in [0.15, 0.2) is 0 Å². The maximum absolute atomic E-state index is 12.2. The van der Waals surface area contributed by atoms with Crippen LogP contribution in [0.25, 0.3) is 0 Å². The van der Waals surface area contributed by atoms with E-state index in [0.717, 1.165) is 19.4 Å². The summed E-state index contributed by atoms with van der Waals surface area (Å²) in [5.74, 6) is 0.805.